The molecule has 0 spiro atoms. The second kappa shape index (κ2) is 11.6. The summed E-state index contributed by atoms with van der Waals surface area (Å²) in [6, 6.07) is 33.5. The summed E-state index contributed by atoms with van der Waals surface area (Å²) in [7, 11) is 2.27. The Hall–Kier alpha value is -4.54. The van der Waals surface area contributed by atoms with Crippen LogP contribution in [0.4, 0.5) is 0 Å². The third kappa shape index (κ3) is 4.84. The van der Waals surface area contributed by atoms with Crippen LogP contribution in [-0.2, 0) is 17.8 Å². The van der Waals surface area contributed by atoms with E-state index in [1.807, 2.05) is 24.4 Å². The Kier molecular flexibility index (Phi) is 7.08. The maximum absolute atomic E-state index is 6.48. The fraction of sp³-hybridized carbons (Fsp3) is 0.302. The lowest BCUT2D eigenvalue weighted by molar-refractivity contribution is 0.185. The third-order valence-electron chi connectivity index (χ3n) is 11.2. The van der Waals surface area contributed by atoms with Gasteiger partial charge in [-0.25, -0.2) is 4.99 Å². The highest BCUT2D eigenvalue weighted by atomic mass is 16.5. The van der Waals surface area contributed by atoms with Crippen LogP contribution in [0.2, 0.25) is 0 Å². The van der Waals surface area contributed by atoms with E-state index in [0.29, 0.717) is 24.4 Å². The van der Waals surface area contributed by atoms with Gasteiger partial charge in [-0.3, -0.25) is 4.99 Å². The van der Waals surface area contributed by atoms with E-state index in [9.17, 15) is 0 Å². The van der Waals surface area contributed by atoms with Gasteiger partial charge in [0, 0.05) is 16.7 Å². The van der Waals surface area contributed by atoms with Crippen molar-refractivity contribution in [1.82, 2.24) is 4.90 Å². The van der Waals surface area contributed by atoms with E-state index >= 15 is 0 Å². The summed E-state index contributed by atoms with van der Waals surface area (Å²) < 4.78 is 6.48. The summed E-state index contributed by atoms with van der Waals surface area (Å²) in [5.74, 6) is 2.25. The molecule has 0 bridgehead atoms. The largest absolute Gasteiger partial charge is 0.485 e. The van der Waals surface area contributed by atoms with Crippen molar-refractivity contribution in [2.45, 2.75) is 51.2 Å². The number of hydrogen-bond donors (Lipinski definition) is 0. The Morgan fingerprint density at radius 2 is 1.68 bits per heavy atom. The van der Waals surface area contributed by atoms with Gasteiger partial charge in [-0.2, -0.15) is 0 Å². The molecule has 3 heterocycles. The van der Waals surface area contributed by atoms with Gasteiger partial charge >= 0.3 is 0 Å². The monoisotopic (exact) mass is 614 g/mol. The molecular weight excluding hydrogens is 574 g/mol. The Labute approximate surface area is 276 Å². The number of hydrogen-bond acceptors (Lipinski definition) is 4. The number of fused-ring (bicyclic) bond motifs is 6. The second-order valence-corrected chi connectivity index (χ2v) is 14.0. The van der Waals surface area contributed by atoms with Crippen LogP contribution in [-0.4, -0.2) is 37.3 Å². The highest BCUT2D eigenvalue weighted by Crippen LogP contribution is 2.43. The summed E-state index contributed by atoms with van der Waals surface area (Å²) >= 11 is 0. The molecule has 4 nitrogen and oxygen atoms in total. The van der Waals surface area contributed by atoms with Crippen LogP contribution in [0.25, 0.3) is 17.2 Å². The number of rotatable bonds is 5. The Morgan fingerprint density at radius 1 is 0.872 bits per heavy atom. The molecule has 0 N–H and O–H groups in total. The van der Waals surface area contributed by atoms with Crippen molar-refractivity contribution < 1.29 is 4.74 Å². The minimum atomic E-state index is -0.0987. The summed E-state index contributed by atoms with van der Waals surface area (Å²) in [5, 5.41) is 7.67. The van der Waals surface area contributed by atoms with Gasteiger partial charge in [-0.15, -0.1) is 0 Å². The molecule has 0 amide bonds. The van der Waals surface area contributed by atoms with E-state index in [1.54, 1.807) is 0 Å². The normalized spacial score (nSPS) is 23.2. The van der Waals surface area contributed by atoms with Crippen LogP contribution in [0.3, 0.4) is 0 Å². The Balaban J connectivity index is 1.26. The van der Waals surface area contributed by atoms with Crippen LogP contribution in [0.1, 0.15) is 48.8 Å². The maximum atomic E-state index is 6.48. The van der Waals surface area contributed by atoms with Crippen molar-refractivity contribution in [3.63, 3.8) is 0 Å². The topological polar surface area (TPSA) is 37.2 Å². The zero-order valence-electron chi connectivity index (χ0n) is 27.2. The van der Waals surface area contributed by atoms with Crippen molar-refractivity contribution >= 4 is 23.4 Å². The molecule has 3 aliphatic heterocycles. The lowest BCUT2D eigenvalue weighted by atomic mass is 9.68. The van der Waals surface area contributed by atoms with Crippen LogP contribution < -0.4 is 21.0 Å². The van der Waals surface area contributed by atoms with Gasteiger partial charge in [0.05, 0.1) is 11.6 Å². The zero-order valence-corrected chi connectivity index (χ0v) is 27.2. The zero-order chi connectivity index (χ0) is 31.5. The molecule has 5 aliphatic rings. The van der Waals surface area contributed by atoms with Crippen LogP contribution in [0, 0.1) is 28.3 Å². The Morgan fingerprint density at radius 3 is 2.55 bits per heavy atom. The first-order valence-corrected chi connectivity index (χ1v) is 17.3. The lowest BCUT2D eigenvalue weighted by Crippen LogP contribution is -2.41. The average molecular weight is 615 g/mol. The maximum Gasteiger partial charge on any atom is 0.163 e. The van der Waals surface area contributed by atoms with Gasteiger partial charge in [-0.05, 0) is 113 Å². The van der Waals surface area contributed by atoms with Crippen LogP contribution in [0.5, 0.6) is 0 Å². The molecule has 4 aromatic rings. The minimum absolute atomic E-state index is 0.0987. The fourth-order valence-electron chi connectivity index (χ4n) is 8.99. The van der Waals surface area contributed by atoms with Gasteiger partial charge in [0.1, 0.15) is 18.3 Å². The molecule has 1 saturated heterocycles. The first-order chi connectivity index (χ1) is 23.1. The molecule has 1 radical (unpaired) electrons. The SMILES string of the molecule is CC1C=c2ccccc2=c2ccc3c(c21)CCC(C1CCN(C)CC1)C=3C1N=CC(OCc2ccccc2)=C2N=c3c[c]ccc3=C21. The van der Waals surface area contributed by atoms with E-state index in [2.05, 4.69) is 97.7 Å². The number of likely N-dealkylation sites (tertiary alicyclic amines) is 1. The summed E-state index contributed by atoms with van der Waals surface area (Å²) in [4.78, 5) is 13.1. The first-order valence-electron chi connectivity index (χ1n) is 17.3. The molecule has 0 aromatic heterocycles. The minimum Gasteiger partial charge on any atom is -0.485 e. The summed E-state index contributed by atoms with van der Waals surface area (Å²) in [5.41, 5.74) is 7.81. The number of aliphatic imine (C=N–C) groups is 1. The number of allylic oxidation sites excluding steroid dienone is 1. The van der Waals surface area contributed by atoms with Gasteiger partial charge in [0.25, 0.3) is 0 Å². The van der Waals surface area contributed by atoms with E-state index in [1.165, 1.54) is 62.4 Å². The predicted molar refractivity (Wildman–Crippen MR) is 188 cm³/mol. The molecule has 233 valence electrons. The number of nitrogens with zero attached hydrogens (tertiary/aromatic N) is 3. The van der Waals surface area contributed by atoms with Crippen LogP contribution in [0.15, 0.2) is 106 Å². The molecule has 2 aliphatic carbocycles. The van der Waals surface area contributed by atoms with Crippen molar-refractivity contribution in [2.75, 3.05) is 20.1 Å². The molecule has 9 rings (SSSR count). The van der Waals surface area contributed by atoms with Gasteiger partial charge in [0.2, 0.25) is 0 Å². The van der Waals surface area contributed by atoms with Gasteiger partial charge in [-0.1, -0.05) is 91.9 Å². The molecule has 0 saturated carbocycles. The van der Waals surface area contributed by atoms with E-state index < -0.39 is 0 Å². The second-order valence-electron chi connectivity index (χ2n) is 14.0. The molecule has 47 heavy (non-hydrogen) atoms. The van der Waals surface area contributed by atoms with Crippen molar-refractivity contribution in [1.29, 1.82) is 0 Å². The highest BCUT2D eigenvalue weighted by molar-refractivity contribution is 5.94. The summed E-state index contributed by atoms with van der Waals surface area (Å²) in [6.45, 7) is 5.19. The molecular formula is C43H40N3O. The lowest BCUT2D eigenvalue weighted by Gasteiger charge is -2.40. The van der Waals surface area contributed by atoms with Crippen molar-refractivity contribution in [2.24, 2.45) is 21.8 Å². The van der Waals surface area contributed by atoms with Crippen molar-refractivity contribution in [3.05, 3.63) is 151 Å². The predicted octanol–water partition coefficient (Wildman–Crippen LogP) is 5.09. The molecule has 1 fully saturated rings. The smallest absolute Gasteiger partial charge is 0.163 e. The molecule has 4 heteroatoms. The fourth-order valence-corrected chi connectivity index (χ4v) is 8.99. The molecule has 4 aromatic carbocycles. The highest BCUT2D eigenvalue weighted by Gasteiger charge is 2.39. The molecule has 3 atom stereocenters. The number of piperidine rings is 1. The van der Waals surface area contributed by atoms with Crippen LogP contribution >= 0.6 is 0 Å². The van der Waals surface area contributed by atoms with E-state index in [4.69, 9.17) is 14.7 Å². The standard InChI is InChI=1S/C43H40N3O/c1-27-24-30-12-6-7-13-31(30)33-18-19-35-34(39(27)33)17-16-32(29-20-22-46(2)23-21-29)40(35)43-41-36-14-8-9-15-37(36)45-42(41)38(25-44-43)47-26-28-10-4-3-5-11-28/h3-8,10-15,18-19,24-25,27,29,32,43H,16-17,20-23,26H2,1-2H3. The molecule has 3 unspecified atom stereocenters. The Bertz CT molecular complexity index is 2310. The quantitative estimate of drug-likeness (QED) is 0.314. The van der Waals surface area contributed by atoms with Gasteiger partial charge < -0.3 is 9.64 Å². The average Bonchev–Trinajstić information content (AvgIpc) is 3.51. The van der Waals surface area contributed by atoms with Gasteiger partial charge in [0.15, 0.2) is 5.76 Å². The number of dihydropyridines is 1. The summed E-state index contributed by atoms with van der Waals surface area (Å²) in [6.07, 6.45) is 9.20. The number of benzene rings is 4. The number of ether oxygens (including phenoxy) is 1. The van der Waals surface area contributed by atoms with Crippen molar-refractivity contribution in [3.8, 4) is 0 Å². The van der Waals surface area contributed by atoms with E-state index in [0.717, 1.165) is 47.1 Å². The van der Waals surface area contributed by atoms with E-state index in [-0.39, 0.29) is 6.04 Å². The third-order valence-corrected chi connectivity index (χ3v) is 11.2. The first kappa shape index (κ1) is 28.7.